The highest BCUT2D eigenvalue weighted by Gasteiger charge is 2.19. The van der Waals surface area contributed by atoms with E-state index in [1.54, 1.807) is 14.2 Å². The predicted molar refractivity (Wildman–Crippen MR) is 111 cm³/mol. The zero-order valence-electron chi connectivity index (χ0n) is 16.7. The summed E-state index contributed by atoms with van der Waals surface area (Å²) >= 11 is 0. The number of benzene rings is 3. The van der Waals surface area contributed by atoms with E-state index in [9.17, 15) is 5.11 Å². The van der Waals surface area contributed by atoms with Crippen molar-refractivity contribution in [3.63, 3.8) is 0 Å². The van der Waals surface area contributed by atoms with Gasteiger partial charge in [-0.3, -0.25) is 0 Å². The first kappa shape index (κ1) is 20.9. The summed E-state index contributed by atoms with van der Waals surface area (Å²) in [7, 11) is 3.19. The lowest BCUT2D eigenvalue weighted by Gasteiger charge is -2.22. The Labute approximate surface area is 171 Å². The molecule has 0 aliphatic carbocycles. The van der Waals surface area contributed by atoms with Crippen molar-refractivity contribution < 1.29 is 24.1 Å². The number of hydrogen-bond donors (Lipinski definition) is 1. The van der Waals surface area contributed by atoms with E-state index in [2.05, 4.69) is 6.07 Å². The van der Waals surface area contributed by atoms with Crippen molar-refractivity contribution in [2.45, 2.75) is 12.5 Å². The molecule has 1 N–H and O–H groups in total. The minimum Gasteiger partial charge on any atom is -0.468 e. The molecule has 3 aromatic carbocycles. The summed E-state index contributed by atoms with van der Waals surface area (Å²) in [6.45, 7) is 0.398. The Morgan fingerprint density at radius 3 is 1.62 bits per heavy atom. The average Bonchev–Trinajstić information content (AvgIpc) is 2.78. The Kier molecular flexibility index (Phi) is 7.64. The van der Waals surface area contributed by atoms with Crippen LogP contribution in [0.1, 0.15) is 28.2 Å². The number of ether oxygens (including phenoxy) is 4. The summed E-state index contributed by atoms with van der Waals surface area (Å²) in [5.74, 6) is 1.45. The first-order valence-electron chi connectivity index (χ1n) is 9.39. The molecule has 0 aliphatic heterocycles. The quantitative estimate of drug-likeness (QED) is 0.410. The van der Waals surface area contributed by atoms with Crippen molar-refractivity contribution in [2.24, 2.45) is 0 Å². The van der Waals surface area contributed by atoms with E-state index in [4.69, 9.17) is 18.9 Å². The van der Waals surface area contributed by atoms with E-state index in [1.807, 2.05) is 66.7 Å². The number of aliphatic hydroxyl groups excluding tert-OH is 1. The Hall–Kier alpha value is -2.86. The van der Waals surface area contributed by atoms with E-state index in [-0.39, 0.29) is 26.1 Å². The third kappa shape index (κ3) is 5.35. The van der Waals surface area contributed by atoms with Crippen molar-refractivity contribution in [1.29, 1.82) is 0 Å². The minimum absolute atomic E-state index is 0.0171. The molecule has 5 heteroatoms. The van der Waals surface area contributed by atoms with Crippen LogP contribution in [0, 0.1) is 0 Å². The molecule has 152 valence electrons. The monoisotopic (exact) mass is 394 g/mol. The Bertz CT molecular complexity index is 823. The van der Waals surface area contributed by atoms with Crippen molar-refractivity contribution in [3.8, 4) is 11.5 Å². The maximum Gasteiger partial charge on any atom is 0.188 e. The normalized spacial score (nSPS) is 10.9. The first-order valence-corrected chi connectivity index (χ1v) is 9.39. The molecule has 0 saturated heterocycles. The van der Waals surface area contributed by atoms with E-state index in [0.29, 0.717) is 0 Å². The van der Waals surface area contributed by atoms with E-state index < -0.39 is 0 Å². The molecule has 0 aromatic heterocycles. The van der Waals surface area contributed by atoms with Crippen LogP contribution < -0.4 is 9.47 Å². The largest absolute Gasteiger partial charge is 0.468 e. The van der Waals surface area contributed by atoms with Crippen LogP contribution in [0.4, 0.5) is 0 Å². The summed E-state index contributed by atoms with van der Waals surface area (Å²) in [6.07, 6.45) is 0. The van der Waals surface area contributed by atoms with Gasteiger partial charge in [-0.05, 0) is 46.5 Å². The van der Waals surface area contributed by atoms with Gasteiger partial charge in [0.25, 0.3) is 0 Å². The van der Waals surface area contributed by atoms with E-state index in [1.165, 1.54) is 0 Å². The molecule has 29 heavy (non-hydrogen) atoms. The van der Waals surface area contributed by atoms with Gasteiger partial charge in [-0.25, -0.2) is 0 Å². The lowest BCUT2D eigenvalue weighted by Crippen LogP contribution is -2.07. The van der Waals surface area contributed by atoms with Gasteiger partial charge in [0, 0.05) is 20.1 Å². The Morgan fingerprint density at radius 2 is 1.17 bits per heavy atom. The van der Waals surface area contributed by atoms with Gasteiger partial charge < -0.3 is 24.1 Å². The third-order valence-electron chi connectivity index (χ3n) is 4.65. The molecule has 0 unspecified atom stereocenters. The average molecular weight is 394 g/mol. The number of hydrogen-bond acceptors (Lipinski definition) is 5. The zero-order valence-corrected chi connectivity index (χ0v) is 16.7. The Balaban J connectivity index is 1.98. The Morgan fingerprint density at radius 1 is 0.690 bits per heavy atom. The van der Waals surface area contributed by atoms with Gasteiger partial charge >= 0.3 is 0 Å². The maximum absolute atomic E-state index is 9.88. The molecule has 0 bridgehead atoms. The van der Waals surface area contributed by atoms with Gasteiger partial charge in [0.2, 0.25) is 0 Å². The fourth-order valence-electron chi connectivity index (χ4n) is 3.28. The van der Waals surface area contributed by atoms with E-state index >= 15 is 0 Å². The molecule has 0 spiro atoms. The number of rotatable bonds is 10. The fraction of sp³-hybridized carbons (Fsp3) is 0.250. The standard InChI is InChI=1S/C24H26O5/c1-26-16-28-21-11-7-18(8-12-21)24(23-6-4-3-5-20(23)15-25)19-9-13-22(14-10-19)29-17-27-2/h3-14,24-25H,15-17H2,1-2H3. The summed E-state index contributed by atoms with van der Waals surface area (Å²) < 4.78 is 20.9. The maximum atomic E-state index is 9.88. The highest BCUT2D eigenvalue weighted by atomic mass is 16.7. The minimum atomic E-state index is -0.0358. The molecule has 0 radical (unpaired) electrons. The molecule has 0 aliphatic rings. The number of methoxy groups -OCH3 is 2. The topological polar surface area (TPSA) is 57.2 Å². The first-order chi connectivity index (χ1) is 14.3. The SMILES string of the molecule is COCOc1ccc(C(c2ccc(OCOC)cc2)c2ccccc2CO)cc1. The lowest BCUT2D eigenvalue weighted by molar-refractivity contribution is 0.0509. The molecule has 3 aromatic rings. The second-order valence-electron chi connectivity index (χ2n) is 6.53. The molecular weight excluding hydrogens is 368 g/mol. The molecule has 0 fully saturated rings. The van der Waals surface area contributed by atoms with Gasteiger partial charge in [-0.2, -0.15) is 0 Å². The third-order valence-corrected chi connectivity index (χ3v) is 4.65. The predicted octanol–water partition coefficient (Wildman–Crippen LogP) is 4.32. The van der Waals surface area contributed by atoms with Crippen LogP contribution in [0.2, 0.25) is 0 Å². The fourth-order valence-corrected chi connectivity index (χ4v) is 3.28. The summed E-state index contributed by atoms with van der Waals surface area (Å²) in [6, 6.07) is 23.8. The van der Waals surface area contributed by atoms with Crippen LogP contribution in [0.3, 0.4) is 0 Å². The molecule has 5 nitrogen and oxygen atoms in total. The molecule has 0 amide bonds. The smallest absolute Gasteiger partial charge is 0.188 e. The van der Waals surface area contributed by atoms with Crippen LogP contribution in [0.5, 0.6) is 11.5 Å². The van der Waals surface area contributed by atoms with Crippen molar-refractivity contribution >= 4 is 0 Å². The summed E-state index contributed by atoms with van der Waals surface area (Å²) in [4.78, 5) is 0. The molecule has 0 heterocycles. The number of aliphatic hydroxyl groups is 1. The van der Waals surface area contributed by atoms with E-state index in [0.717, 1.165) is 33.8 Å². The molecular formula is C24H26O5. The second-order valence-corrected chi connectivity index (χ2v) is 6.53. The van der Waals surface area contributed by atoms with Gasteiger partial charge in [0.1, 0.15) is 11.5 Å². The molecule has 3 rings (SSSR count). The van der Waals surface area contributed by atoms with Gasteiger partial charge in [0.15, 0.2) is 13.6 Å². The van der Waals surface area contributed by atoms with Crippen molar-refractivity contribution in [3.05, 3.63) is 95.1 Å². The van der Waals surface area contributed by atoms with Crippen LogP contribution in [0.15, 0.2) is 72.8 Å². The van der Waals surface area contributed by atoms with Crippen molar-refractivity contribution in [1.82, 2.24) is 0 Å². The summed E-state index contributed by atoms with van der Waals surface area (Å²) in [5, 5.41) is 9.88. The van der Waals surface area contributed by atoms with Gasteiger partial charge in [-0.1, -0.05) is 48.5 Å². The summed E-state index contributed by atoms with van der Waals surface area (Å²) in [5.41, 5.74) is 4.16. The zero-order chi connectivity index (χ0) is 20.5. The molecule has 0 atom stereocenters. The second kappa shape index (κ2) is 10.6. The lowest BCUT2D eigenvalue weighted by atomic mass is 9.83. The van der Waals surface area contributed by atoms with Crippen LogP contribution in [0.25, 0.3) is 0 Å². The van der Waals surface area contributed by atoms with Gasteiger partial charge in [0.05, 0.1) is 6.61 Å². The highest BCUT2D eigenvalue weighted by Crippen LogP contribution is 2.35. The van der Waals surface area contributed by atoms with Gasteiger partial charge in [-0.15, -0.1) is 0 Å². The van der Waals surface area contributed by atoms with Crippen LogP contribution in [-0.2, 0) is 16.1 Å². The highest BCUT2D eigenvalue weighted by molar-refractivity contribution is 5.48. The van der Waals surface area contributed by atoms with Crippen LogP contribution in [-0.4, -0.2) is 32.9 Å². The van der Waals surface area contributed by atoms with Crippen LogP contribution >= 0.6 is 0 Å². The molecule has 0 saturated carbocycles. The van der Waals surface area contributed by atoms with Crippen molar-refractivity contribution in [2.75, 3.05) is 27.8 Å².